The first-order valence-corrected chi connectivity index (χ1v) is 9.83. The second-order valence-corrected chi connectivity index (χ2v) is 6.98. The smallest absolute Gasteiger partial charge is 0.357 e. The molecule has 2 N–H and O–H groups in total. The van der Waals surface area contributed by atoms with Crippen LogP contribution in [0.25, 0.3) is 0 Å². The molecule has 0 amide bonds. The number of guanidine groups is 1. The average molecular weight is 384 g/mol. The number of hydrogen-bond acceptors (Lipinski definition) is 2. The molecule has 0 spiro atoms. The van der Waals surface area contributed by atoms with Crippen molar-refractivity contribution in [3.05, 3.63) is 35.4 Å². The Morgan fingerprint density at radius 3 is 2.33 bits per heavy atom. The van der Waals surface area contributed by atoms with Gasteiger partial charge in [-0.3, -0.25) is 0 Å². The highest BCUT2D eigenvalue weighted by molar-refractivity contribution is 5.79. The standard InChI is InChI=1S/C20H31F3N4/c1-3-24-19(25-12-9-16-10-13-27(4-2)14-11-16)26-15-17-5-7-18(8-6-17)20(21,22)23/h5-8,16H,3-4,9-15H2,1-2H3,(H2,24,25,26). The topological polar surface area (TPSA) is 39.7 Å². The summed E-state index contributed by atoms with van der Waals surface area (Å²) in [5, 5.41) is 6.54. The number of halogens is 3. The van der Waals surface area contributed by atoms with E-state index in [0.29, 0.717) is 12.5 Å². The maximum Gasteiger partial charge on any atom is 0.416 e. The maximum atomic E-state index is 12.6. The lowest BCUT2D eigenvalue weighted by atomic mass is 9.93. The van der Waals surface area contributed by atoms with Gasteiger partial charge in [0.25, 0.3) is 0 Å². The van der Waals surface area contributed by atoms with Gasteiger partial charge in [0, 0.05) is 13.1 Å². The average Bonchev–Trinajstić information content (AvgIpc) is 2.66. The quantitative estimate of drug-likeness (QED) is 0.554. The molecule has 0 aliphatic carbocycles. The minimum Gasteiger partial charge on any atom is -0.357 e. The molecule has 152 valence electrons. The number of hydrogen-bond donors (Lipinski definition) is 2. The minimum absolute atomic E-state index is 0.350. The van der Waals surface area contributed by atoms with Crippen LogP contribution in [0.3, 0.4) is 0 Å². The van der Waals surface area contributed by atoms with Gasteiger partial charge in [-0.05, 0) is 69.4 Å². The van der Waals surface area contributed by atoms with Crippen LogP contribution in [-0.2, 0) is 12.7 Å². The Labute approximate surface area is 160 Å². The molecule has 0 atom stereocenters. The molecule has 1 fully saturated rings. The molecule has 1 heterocycles. The molecule has 0 saturated carbocycles. The molecule has 1 aromatic rings. The van der Waals surface area contributed by atoms with E-state index < -0.39 is 11.7 Å². The van der Waals surface area contributed by atoms with E-state index in [4.69, 9.17) is 0 Å². The molecule has 1 aliphatic heterocycles. The van der Waals surface area contributed by atoms with Crippen molar-refractivity contribution in [1.29, 1.82) is 0 Å². The van der Waals surface area contributed by atoms with Crippen LogP contribution < -0.4 is 10.6 Å². The lowest BCUT2D eigenvalue weighted by molar-refractivity contribution is -0.137. The van der Waals surface area contributed by atoms with Gasteiger partial charge in [-0.25, -0.2) is 4.99 Å². The van der Waals surface area contributed by atoms with Gasteiger partial charge in [0.15, 0.2) is 5.96 Å². The van der Waals surface area contributed by atoms with Crippen LogP contribution in [0.5, 0.6) is 0 Å². The van der Waals surface area contributed by atoms with E-state index in [2.05, 4.69) is 27.4 Å². The Morgan fingerprint density at radius 2 is 1.78 bits per heavy atom. The minimum atomic E-state index is -4.30. The molecule has 0 radical (unpaired) electrons. The van der Waals surface area contributed by atoms with Crippen molar-refractivity contribution in [1.82, 2.24) is 15.5 Å². The monoisotopic (exact) mass is 384 g/mol. The fourth-order valence-corrected chi connectivity index (χ4v) is 3.30. The number of benzene rings is 1. The van der Waals surface area contributed by atoms with E-state index in [9.17, 15) is 13.2 Å². The largest absolute Gasteiger partial charge is 0.416 e. The van der Waals surface area contributed by atoms with Gasteiger partial charge in [-0.2, -0.15) is 13.2 Å². The summed E-state index contributed by atoms with van der Waals surface area (Å²) in [5.41, 5.74) is 0.126. The molecule has 1 aliphatic rings. The van der Waals surface area contributed by atoms with E-state index in [1.165, 1.54) is 38.1 Å². The van der Waals surface area contributed by atoms with Gasteiger partial charge in [0.2, 0.25) is 0 Å². The molecule has 0 bridgehead atoms. The SMILES string of the molecule is CCNC(=NCc1ccc(C(F)(F)F)cc1)NCCC1CCN(CC)CC1. The van der Waals surface area contributed by atoms with Crippen molar-refractivity contribution >= 4 is 5.96 Å². The Bertz CT molecular complexity index is 576. The summed E-state index contributed by atoms with van der Waals surface area (Å²) in [6, 6.07) is 5.18. The molecule has 1 aromatic carbocycles. The van der Waals surface area contributed by atoms with Crippen molar-refractivity contribution in [2.45, 2.75) is 45.8 Å². The molecular weight excluding hydrogens is 353 g/mol. The summed E-state index contributed by atoms with van der Waals surface area (Å²) in [6.07, 6.45) is -0.697. The highest BCUT2D eigenvalue weighted by Gasteiger charge is 2.29. The van der Waals surface area contributed by atoms with Gasteiger partial charge in [-0.1, -0.05) is 19.1 Å². The first-order valence-electron chi connectivity index (χ1n) is 9.83. The van der Waals surface area contributed by atoms with Crippen LogP contribution in [0.4, 0.5) is 13.2 Å². The molecule has 7 heteroatoms. The summed E-state index contributed by atoms with van der Waals surface area (Å²) in [6.45, 7) is 9.65. The van der Waals surface area contributed by atoms with Crippen LogP contribution in [0.2, 0.25) is 0 Å². The predicted molar refractivity (Wildman–Crippen MR) is 104 cm³/mol. The van der Waals surface area contributed by atoms with Gasteiger partial charge in [-0.15, -0.1) is 0 Å². The maximum absolute atomic E-state index is 12.6. The normalized spacial score (nSPS) is 17.1. The summed E-state index contributed by atoms with van der Waals surface area (Å²) in [5.74, 6) is 1.46. The fraction of sp³-hybridized carbons (Fsp3) is 0.650. The van der Waals surface area contributed by atoms with E-state index in [1.54, 1.807) is 0 Å². The third-order valence-electron chi connectivity index (χ3n) is 5.04. The first-order chi connectivity index (χ1) is 12.9. The van der Waals surface area contributed by atoms with Crippen molar-refractivity contribution < 1.29 is 13.2 Å². The Kier molecular flexibility index (Phi) is 8.41. The van der Waals surface area contributed by atoms with Crippen LogP contribution in [0.15, 0.2) is 29.3 Å². The second-order valence-electron chi connectivity index (χ2n) is 6.98. The van der Waals surface area contributed by atoms with E-state index >= 15 is 0 Å². The van der Waals surface area contributed by atoms with Crippen molar-refractivity contribution in [2.75, 3.05) is 32.7 Å². The lowest BCUT2D eigenvalue weighted by Gasteiger charge is -2.31. The molecule has 1 saturated heterocycles. The highest BCUT2D eigenvalue weighted by atomic mass is 19.4. The fourth-order valence-electron chi connectivity index (χ4n) is 3.30. The summed E-state index contributed by atoms with van der Waals surface area (Å²) >= 11 is 0. The zero-order valence-corrected chi connectivity index (χ0v) is 16.3. The number of aliphatic imine (C=N–C) groups is 1. The first kappa shape index (κ1) is 21.5. The Hall–Kier alpha value is -1.76. The molecular formula is C20H31F3N4. The number of nitrogens with one attached hydrogen (secondary N) is 2. The number of likely N-dealkylation sites (tertiary alicyclic amines) is 1. The van der Waals surface area contributed by atoms with Crippen LogP contribution >= 0.6 is 0 Å². The molecule has 0 aromatic heterocycles. The number of nitrogens with zero attached hydrogens (tertiary/aromatic N) is 2. The Balaban J connectivity index is 1.80. The highest BCUT2D eigenvalue weighted by Crippen LogP contribution is 2.29. The lowest BCUT2D eigenvalue weighted by Crippen LogP contribution is -2.39. The number of rotatable bonds is 7. The molecule has 4 nitrogen and oxygen atoms in total. The van der Waals surface area contributed by atoms with Gasteiger partial charge >= 0.3 is 6.18 Å². The van der Waals surface area contributed by atoms with Gasteiger partial charge < -0.3 is 15.5 Å². The van der Waals surface area contributed by atoms with E-state index in [0.717, 1.165) is 49.7 Å². The van der Waals surface area contributed by atoms with Crippen LogP contribution in [0, 0.1) is 5.92 Å². The third kappa shape index (κ3) is 7.40. The van der Waals surface area contributed by atoms with E-state index in [1.807, 2.05) is 6.92 Å². The zero-order chi connectivity index (χ0) is 19.7. The molecule has 27 heavy (non-hydrogen) atoms. The number of alkyl halides is 3. The van der Waals surface area contributed by atoms with Gasteiger partial charge in [0.1, 0.15) is 0 Å². The predicted octanol–water partition coefficient (Wildman–Crippen LogP) is 3.88. The van der Waals surface area contributed by atoms with Crippen molar-refractivity contribution in [3.63, 3.8) is 0 Å². The van der Waals surface area contributed by atoms with Crippen LogP contribution in [0.1, 0.15) is 44.2 Å². The van der Waals surface area contributed by atoms with Gasteiger partial charge in [0.05, 0.1) is 12.1 Å². The molecule has 2 rings (SSSR count). The molecule has 0 unspecified atom stereocenters. The summed E-state index contributed by atoms with van der Waals surface area (Å²) < 4.78 is 37.9. The van der Waals surface area contributed by atoms with Crippen molar-refractivity contribution in [2.24, 2.45) is 10.9 Å². The van der Waals surface area contributed by atoms with Crippen LogP contribution in [-0.4, -0.2) is 43.6 Å². The zero-order valence-electron chi connectivity index (χ0n) is 16.3. The van der Waals surface area contributed by atoms with E-state index in [-0.39, 0.29) is 0 Å². The number of piperidine rings is 1. The second kappa shape index (κ2) is 10.5. The van der Waals surface area contributed by atoms with Crippen molar-refractivity contribution in [3.8, 4) is 0 Å². The summed E-state index contributed by atoms with van der Waals surface area (Å²) in [7, 11) is 0. The third-order valence-corrected chi connectivity index (χ3v) is 5.04. The summed E-state index contributed by atoms with van der Waals surface area (Å²) in [4.78, 5) is 6.97. The Morgan fingerprint density at radius 1 is 1.11 bits per heavy atom.